The van der Waals surface area contributed by atoms with Crippen LogP contribution in [0.3, 0.4) is 0 Å². The molecule has 0 spiro atoms. The van der Waals surface area contributed by atoms with Gasteiger partial charge in [-0.25, -0.2) is 0 Å². The Balaban J connectivity index is 1.65. The van der Waals surface area contributed by atoms with Crippen LogP contribution in [-0.2, 0) is 0 Å². The van der Waals surface area contributed by atoms with E-state index < -0.39 is 0 Å². The Hall–Kier alpha value is -1.10. The zero-order chi connectivity index (χ0) is 8.84. The second kappa shape index (κ2) is 2.45. The van der Waals surface area contributed by atoms with Crippen molar-refractivity contribution >= 4 is 6.01 Å². The molecule has 1 aliphatic carbocycles. The van der Waals surface area contributed by atoms with Gasteiger partial charge in [0.2, 0.25) is 0 Å². The van der Waals surface area contributed by atoms with Crippen LogP contribution in [0.2, 0.25) is 0 Å². The second-order valence-corrected chi connectivity index (χ2v) is 3.80. The average Bonchev–Trinajstić information content (AvgIpc) is 2.58. The number of aromatic nitrogens is 2. The quantitative estimate of drug-likeness (QED) is 0.671. The Morgan fingerprint density at radius 2 is 2.23 bits per heavy atom. The van der Waals surface area contributed by atoms with Gasteiger partial charge in [0.1, 0.15) is 0 Å². The summed E-state index contributed by atoms with van der Waals surface area (Å²) in [5.41, 5.74) is 0. The van der Waals surface area contributed by atoms with Gasteiger partial charge in [0.15, 0.2) is 5.82 Å². The molecule has 2 unspecified atom stereocenters. The maximum absolute atomic E-state index is 4.99. The number of aryl methyl sites for hydroxylation is 1. The highest BCUT2D eigenvalue weighted by Crippen LogP contribution is 2.43. The van der Waals surface area contributed by atoms with Gasteiger partial charge < -0.3 is 15.2 Å². The van der Waals surface area contributed by atoms with Crippen molar-refractivity contribution in [2.24, 2.45) is 11.8 Å². The third-order valence-corrected chi connectivity index (χ3v) is 2.91. The molecule has 2 atom stereocenters. The summed E-state index contributed by atoms with van der Waals surface area (Å²) in [6.07, 6.45) is 0. The number of anilines is 1. The van der Waals surface area contributed by atoms with E-state index in [-0.39, 0.29) is 0 Å². The van der Waals surface area contributed by atoms with E-state index in [4.69, 9.17) is 4.52 Å². The summed E-state index contributed by atoms with van der Waals surface area (Å²) < 4.78 is 4.99. The van der Waals surface area contributed by atoms with Crippen LogP contribution in [0.1, 0.15) is 5.82 Å². The molecule has 0 radical (unpaired) electrons. The summed E-state index contributed by atoms with van der Waals surface area (Å²) in [6.45, 7) is 4.06. The minimum absolute atomic E-state index is 0.557. The molecule has 5 heteroatoms. The zero-order valence-corrected chi connectivity index (χ0v) is 7.45. The van der Waals surface area contributed by atoms with E-state index in [1.165, 1.54) is 0 Å². The molecule has 1 aromatic heterocycles. The van der Waals surface area contributed by atoms with Crippen molar-refractivity contribution in [3.63, 3.8) is 0 Å². The lowest BCUT2D eigenvalue weighted by molar-refractivity contribution is 0.423. The van der Waals surface area contributed by atoms with E-state index in [0.717, 1.165) is 24.9 Å². The van der Waals surface area contributed by atoms with E-state index >= 15 is 0 Å². The molecule has 0 aromatic carbocycles. The van der Waals surface area contributed by atoms with Crippen molar-refractivity contribution < 1.29 is 4.52 Å². The molecule has 13 heavy (non-hydrogen) atoms. The van der Waals surface area contributed by atoms with Crippen molar-refractivity contribution in [2.75, 3.05) is 18.4 Å². The van der Waals surface area contributed by atoms with Gasteiger partial charge in [0, 0.05) is 19.1 Å². The molecule has 1 saturated heterocycles. The lowest BCUT2D eigenvalue weighted by atomic mass is 10.4. The molecule has 2 N–H and O–H groups in total. The molecule has 1 saturated carbocycles. The summed E-state index contributed by atoms with van der Waals surface area (Å²) in [5.74, 6) is 2.23. The first-order chi connectivity index (χ1) is 6.34. The van der Waals surface area contributed by atoms with Gasteiger partial charge in [-0.05, 0) is 18.8 Å². The van der Waals surface area contributed by atoms with Crippen LogP contribution in [-0.4, -0.2) is 29.3 Å². The number of rotatable bonds is 2. The highest BCUT2D eigenvalue weighted by molar-refractivity contribution is 5.29. The minimum atomic E-state index is 0.557. The van der Waals surface area contributed by atoms with Gasteiger partial charge in [-0.2, -0.15) is 4.98 Å². The van der Waals surface area contributed by atoms with Crippen LogP contribution in [0.25, 0.3) is 0 Å². The Morgan fingerprint density at radius 1 is 1.46 bits per heavy atom. The molecule has 1 aromatic rings. The number of hydrogen-bond donors (Lipinski definition) is 2. The van der Waals surface area contributed by atoms with E-state index in [9.17, 15) is 0 Å². The number of fused-ring (bicyclic) bond motifs is 1. The summed E-state index contributed by atoms with van der Waals surface area (Å²) in [5, 5.41) is 10.3. The number of nitrogens with one attached hydrogen (secondary N) is 2. The van der Waals surface area contributed by atoms with Crippen LogP contribution in [0.4, 0.5) is 6.01 Å². The van der Waals surface area contributed by atoms with Crippen LogP contribution in [0, 0.1) is 18.8 Å². The normalized spacial score (nSPS) is 35.9. The first-order valence-corrected chi connectivity index (χ1v) is 4.62. The summed E-state index contributed by atoms with van der Waals surface area (Å²) in [6, 6.07) is 1.12. The Kier molecular flexibility index (Phi) is 1.38. The molecule has 1 aliphatic heterocycles. The lowest BCUT2D eigenvalue weighted by Crippen LogP contribution is -2.21. The molecule has 5 nitrogen and oxygen atoms in total. The largest absolute Gasteiger partial charge is 0.334 e. The summed E-state index contributed by atoms with van der Waals surface area (Å²) >= 11 is 0. The van der Waals surface area contributed by atoms with Crippen molar-refractivity contribution in [1.82, 2.24) is 15.5 Å². The van der Waals surface area contributed by atoms with Crippen LogP contribution in [0.15, 0.2) is 4.52 Å². The Bertz CT molecular complexity index is 314. The van der Waals surface area contributed by atoms with Gasteiger partial charge in [0.25, 0.3) is 0 Å². The van der Waals surface area contributed by atoms with Crippen LogP contribution in [0.5, 0.6) is 0 Å². The van der Waals surface area contributed by atoms with E-state index in [0.29, 0.717) is 17.9 Å². The van der Waals surface area contributed by atoms with Gasteiger partial charge in [-0.15, -0.1) is 0 Å². The molecule has 0 bridgehead atoms. The molecule has 70 valence electrons. The highest BCUT2D eigenvalue weighted by atomic mass is 16.5. The molecular weight excluding hydrogens is 168 g/mol. The average molecular weight is 180 g/mol. The van der Waals surface area contributed by atoms with E-state index in [2.05, 4.69) is 20.8 Å². The second-order valence-electron chi connectivity index (χ2n) is 3.80. The zero-order valence-electron chi connectivity index (χ0n) is 7.45. The van der Waals surface area contributed by atoms with Crippen LogP contribution >= 0.6 is 0 Å². The van der Waals surface area contributed by atoms with Gasteiger partial charge >= 0.3 is 6.01 Å². The first-order valence-electron chi connectivity index (χ1n) is 4.62. The fourth-order valence-electron chi connectivity index (χ4n) is 2.13. The third kappa shape index (κ3) is 1.11. The molecule has 2 heterocycles. The van der Waals surface area contributed by atoms with E-state index in [1.54, 1.807) is 0 Å². The van der Waals surface area contributed by atoms with Crippen molar-refractivity contribution in [3.05, 3.63) is 5.82 Å². The SMILES string of the molecule is Cc1noc(NC2C3CNCC32)n1. The maximum Gasteiger partial charge on any atom is 0.321 e. The molecule has 0 amide bonds. The molecule has 3 rings (SSSR count). The standard InChI is InChI=1S/C8H12N4O/c1-4-10-8(13-12-4)11-7-5-2-9-3-6(5)7/h5-7,9H,2-3H2,1H3,(H,10,11,12). The third-order valence-electron chi connectivity index (χ3n) is 2.91. The fraction of sp³-hybridized carbons (Fsp3) is 0.750. The fourth-order valence-corrected chi connectivity index (χ4v) is 2.13. The van der Waals surface area contributed by atoms with Gasteiger partial charge in [-0.3, -0.25) is 0 Å². The Morgan fingerprint density at radius 3 is 2.85 bits per heavy atom. The van der Waals surface area contributed by atoms with Crippen LogP contribution < -0.4 is 10.6 Å². The number of nitrogens with zero attached hydrogens (tertiary/aromatic N) is 2. The smallest absolute Gasteiger partial charge is 0.321 e. The molecular formula is C8H12N4O. The predicted octanol–water partition coefficient (Wildman–Crippen LogP) is 0.00772. The number of hydrogen-bond acceptors (Lipinski definition) is 5. The van der Waals surface area contributed by atoms with E-state index in [1.807, 2.05) is 6.92 Å². The lowest BCUT2D eigenvalue weighted by Gasteiger charge is -2.02. The highest BCUT2D eigenvalue weighted by Gasteiger charge is 2.53. The summed E-state index contributed by atoms with van der Waals surface area (Å²) in [4.78, 5) is 4.11. The monoisotopic (exact) mass is 180 g/mol. The maximum atomic E-state index is 4.99. The Labute approximate surface area is 75.9 Å². The molecule has 2 fully saturated rings. The first kappa shape index (κ1) is 7.32. The predicted molar refractivity (Wildman–Crippen MR) is 46.3 cm³/mol. The number of piperidine rings is 1. The summed E-state index contributed by atoms with van der Waals surface area (Å²) in [7, 11) is 0. The minimum Gasteiger partial charge on any atom is -0.334 e. The molecule has 2 aliphatic rings. The van der Waals surface area contributed by atoms with Crippen molar-refractivity contribution in [1.29, 1.82) is 0 Å². The van der Waals surface area contributed by atoms with Crippen molar-refractivity contribution in [2.45, 2.75) is 13.0 Å². The van der Waals surface area contributed by atoms with Gasteiger partial charge in [-0.1, -0.05) is 5.16 Å². The topological polar surface area (TPSA) is 63.0 Å². The van der Waals surface area contributed by atoms with Crippen molar-refractivity contribution in [3.8, 4) is 0 Å². The van der Waals surface area contributed by atoms with Gasteiger partial charge in [0.05, 0.1) is 0 Å².